The van der Waals surface area contributed by atoms with Crippen molar-refractivity contribution in [2.45, 2.75) is 0 Å². The minimum atomic E-state index is -0.423. The molecule has 0 saturated carbocycles. The van der Waals surface area contributed by atoms with Gasteiger partial charge in [-0.3, -0.25) is 24.2 Å². The van der Waals surface area contributed by atoms with Crippen LogP contribution in [-0.4, -0.2) is 92.5 Å². The average molecular weight is 510 g/mol. The molecule has 0 spiro atoms. The molecule has 1 aromatic heterocycles. The summed E-state index contributed by atoms with van der Waals surface area (Å²) in [7, 11) is 3.23. The van der Waals surface area contributed by atoms with E-state index in [1.807, 2.05) is 12.1 Å². The minimum absolute atomic E-state index is 0.272. The summed E-state index contributed by atoms with van der Waals surface area (Å²) in [5.41, 5.74) is 1.50. The van der Waals surface area contributed by atoms with Crippen LogP contribution in [0.15, 0.2) is 36.4 Å². The SMILES string of the molecule is COc1ccc2sc(N3CCN(CCNC(=O)CN4C(=O)c5ccccc5C4=O)CC3)nc2c1OC. The second-order valence-corrected chi connectivity index (χ2v) is 9.57. The molecule has 0 unspecified atom stereocenters. The van der Waals surface area contributed by atoms with Crippen molar-refractivity contribution in [1.82, 2.24) is 20.1 Å². The van der Waals surface area contributed by atoms with Crippen LogP contribution >= 0.6 is 11.3 Å². The Hall–Kier alpha value is -3.70. The first kappa shape index (κ1) is 24.0. The molecule has 3 aromatic rings. The molecule has 5 rings (SSSR count). The molecule has 3 amide bonds. The zero-order valence-electron chi connectivity index (χ0n) is 20.2. The molecule has 36 heavy (non-hydrogen) atoms. The summed E-state index contributed by atoms with van der Waals surface area (Å²) in [5, 5.41) is 3.78. The van der Waals surface area contributed by atoms with Gasteiger partial charge in [0.1, 0.15) is 12.1 Å². The molecular formula is C25H27N5O5S. The molecule has 3 heterocycles. The summed E-state index contributed by atoms with van der Waals surface area (Å²) in [6.07, 6.45) is 0. The van der Waals surface area contributed by atoms with Gasteiger partial charge in [0.2, 0.25) is 5.91 Å². The Kier molecular flexibility index (Phi) is 6.75. The van der Waals surface area contributed by atoms with E-state index >= 15 is 0 Å². The maximum Gasteiger partial charge on any atom is 0.262 e. The van der Waals surface area contributed by atoms with Gasteiger partial charge in [-0.15, -0.1) is 0 Å². The van der Waals surface area contributed by atoms with Crippen molar-refractivity contribution in [2.75, 3.05) is 64.9 Å². The number of imide groups is 1. The van der Waals surface area contributed by atoms with Gasteiger partial charge in [-0.25, -0.2) is 4.98 Å². The predicted molar refractivity (Wildman–Crippen MR) is 136 cm³/mol. The summed E-state index contributed by atoms with van der Waals surface area (Å²) in [6.45, 7) is 4.18. The van der Waals surface area contributed by atoms with Crippen molar-refractivity contribution < 1.29 is 23.9 Å². The van der Waals surface area contributed by atoms with E-state index in [-0.39, 0.29) is 12.5 Å². The summed E-state index contributed by atoms with van der Waals surface area (Å²) in [6, 6.07) is 10.5. The number of nitrogens with one attached hydrogen (secondary N) is 1. The van der Waals surface area contributed by atoms with Crippen LogP contribution < -0.4 is 19.7 Å². The Morgan fingerprint density at radius 1 is 1.00 bits per heavy atom. The van der Waals surface area contributed by atoms with Crippen LogP contribution in [-0.2, 0) is 4.79 Å². The highest BCUT2D eigenvalue weighted by molar-refractivity contribution is 7.22. The second-order valence-electron chi connectivity index (χ2n) is 8.56. The number of carbonyl (C=O) groups excluding carboxylic acids is 3. The van der Waals surface area contributed by atoms with E-state index in [4.69, 9.17) is 14.5 Å². The van der Waals surface area contributed by atoms with Crippen LogP contribution in [0.1, 0.15) is 20.7 Å². The number of methoxy groups -OCH3 is 2. The lowest BCUT2D eigenvalue weighted by Crippen LogP contribution is -2.49. The third-order valence-corrected chi connectivity index (χ3v) is 7.55. The molecule has 188 valence electrons. The number of benzene rings is 2. The third kappa shape index (κ3) is 4.47. The Morgan fingerprint density at radius 2 is 1.69 bits per heavy atom. The number of nitrogens with zero attached hydrogens (tertiary/aromatic N) is 4. The first-order valence-corrected chi connectivity index (χ1v) is 12.5. The Morgan fingerprint density at radius 3 is 2.33 bits per heavy atom. The molecule has 0 bridgehead atoms. The molecule has 0 radical (unpaired) electrons. The van der Waals surface area contributed by atoms with Gasteiger partial charge in [0.25, 0.3) is 11.8 Å². The van der Waals surface area contributed by atoms with Gasteiger partial charge < -0.3 is 19.7 Å². The summed E-state index contributed by atoms with van der Waals surface area (Å²) in [4.78, 5) is 47.6. The highest BCUT2D eigenvalue weighted by atomic mass is 32.1. The number of thiazole rings is 1. The fourth-order valence-electron chi connectivity index (χ4n) is 4.53. The number of hydrogen-bond donors (Lipinski definition) is 1. The van der Waals surface area contributed by atoms with E-state index in [0.29, 0.717) is 35.7 Å². The number of anilines is 1. The van der Waals surface area contributed by atoms with Crippen molar-refractivity contribution in [2.24, 2.45) is 0 Å². The lowest BCUT2D eigenvalue weighted by molar-refractivity contribution is -0.121. The molecule has 11 heteroatoms. The van der Waals surface area contributed by atoms with Crippen molar-refractivity contribution in [3.8, 4) is 11.5 Å². The van der Waals surface area contributed by atoms with Crippen molar-refractivity contribution in [3.63, 3.8) is 0 Å². The van der Waals surface area contributed by atoms with Crippen LogP contribution in [0.4, 0.5) is 5.13 Å². The number of carbonyl (C=O) groups is 3. The van der Waals surface area contributed by atoms with Crippen LogP contribution in [0.3, 0.4) is 0 Å². The van der Waals surface area contributed by atoms with Gasteiger partial charge in [-0.2, -0.15) is 0 Å². The lowest BCUT2D eigenvalue weighted by Gasteiger charge is -2.34. The zero-order chi connectivity index (χ0) is 25.2. The maximum atomic E-state index is 12.4. The summed E-state index contributed by atoms with van der Waals surface area (Å²) in [5.74, 6) is 0.118. The number of fused-ring (bicyclic) bond motifs is 2. The van der Waals surface area contributed by atoms with E-state index < -0.39 is 11.8 Å². The van der Waals surface area contributed by atoms with Gasteiger partial charge in [0, 0.05) is 39.3 Å². The van der Waals surface area contributed by atoms with Crippen LogP contribution in [0.5, 0.6) is 11.5 Å². The molecule has 10 nitrogen and oxygen atoms in total. The second kappa shape index (κ2) is 10.1. The monoisotopic (exact) mass is 509 g/mol. The van der Waals surface area contributed by atoms with Gasteiger partial charge in [0.05, 0.1) is 30.0 Å². The van der Waals surface area contributed by atoms with Crippen LogP contribution in [0, 0.1) is 0 Å². The van der Waals surface area contributed by atoms with E-state index in [2.05, 4.69) is 15.1 Å². The number of piperazine rings is 1. The van der Waals surface area contributed by atoms with Gasteiger partial charge in [0.15, 0.2) is 16.6 Å². The Labute approximate surface area is 212 Å². The number of rotatable bonds is 8. The molecule has 2 aliphatic rings. The highest BCUT2D eigenvalue weighted by Crippen LogP contribution is 2.40. The molecule has 0 atom stereocenters. The number of hydrogen-bond acceptors (Lipinski definition) is 9. The number of amides is 3. The first-order chi connectivity index (χ1) is 17.5. The molecule has 2 aromatic carbocycles. The molecule has 2 aliphatic heterocycles. The predicted octanol–water partition coefficient (Wildman–Crippen LogP) is 1.85. The normalized spacial score (nSPS) is 15.9. The molecule has 1 saturated heterocycles. The quantitative estimate of drug-likeness (QED) is 0.459. The third-order valence-electron chi connectivity index (χ3n) is 6.46. The van der Waals surface area contributed by atoms with Crippen LogP contribution in [0.2, 0.25) is 0 Å². The Bertz CT molecular complexity index is 1280. The van der Waals surface area contributed by atoms with Gasteiger partial charge >= 0.3 is 0 Å². The smallest absolute Gasteiger partial charge is 0.262 e. The molecule has 1 fully saturated rings. The summed E-state index contributed by atoms with van der Waals surface area (Å²) >= 11 is 1.63. The van der Waals surface area contributed by atoms with Gasteiger partial charge in [-0.1, -0.05) is 23.5 Å². The average Bonchev–Trinajstić information content (AvgIpc) is 3.44. The molecule has 1 N–H and O–H groups in total. The summed E-state index contributed by atoms with van der Waals surface area (Å²) < 4.78 is 11.9. The minimum Gasteiger partial charge on any atom is -0.493 e. The van der Waals surface area contributed by atoms with Crippen molar-refractivity contribution >= 4 is 44.4 Å². The zero-order valence-corrected chi connectivity index (χ0v) is 21.0. The largest absolute Gasteiger partial charge is 0.493 e. The number of aromatic nitrogens is 1. The molecular weight excluding hydrogens is 482 g/mol. The van der Waals surface area contributed by atoms with E-state index in [1.54, 1.807) is 49.8 Å². The molecule has 0 aliphatic carbocycles. The van der Waals surface area contributed by atoms with E-state index in [0.717, 1.165) is 46.4 Å². The standard InChI is InChI=1S/C25H27N5O5S/c1-34-18-7-8-19-21(22(18)35-2)27-25(36-19)29-13-11-28(12-14-29)10-9-26-20(31)15-30-23(32)16-5-3-4-6-17(16)24(30)33/h3-8H,9-15H2,1-2H3,(H,26,31). The highest BCUT2D eigenvalue weighted by Gasteiger charge is 2.36. The fraction of sp³-hybridized carbons (Fsp3) is 0.360. The first-order valence-electron chi connectivity index (χ1n) is 11.7. The Balaban J connectivity index is 1.09. The van der Waals surface area contributed by atoms with Gasteiger partial charge in [-0.05, 0) is 24.3 Å². The topological polar surface area (TPSA) is 104 Å². The maximum absolute atomic E-state index is 12.4. The van der Waals surface area contributed by atoms with E-state index in [9.17, 15) is 14.4 Å². The lowest BCUT2D eigenvalue weighted by atomic mass is 10.1. The number of ether oxygens (including phenoxy) is 2. The van der Waals surface area contributed by atoms with Crippen molar-refractivity contribution in [1.29, 1.82) is 0 Å². The van der Waals surface area contributed by atoms with Crippen molar-refractivity contribution in [3.05, 3.63) is 47.5 Å². The fourth-order valence-corrected chi connectivity index (χ4v) is 5.55. The van der Waals surface area contributed by atoms with E-state index in [1.165, 1.54) is 0 Å². The van der Waals surface area contributed by atoms with Crippen LogP contribution in [0.25, 0.3) is 10.2 Å².